The average molecular weight is 394 g/mol. The van der Waals surface area contributed by atoms with Crippen molar-refractivity contribution in [2.75, 3.05) is 0 Å². The van der Waals surface area contributed by atoms with E-state index in [1.165, 1.54) is 11.3 Å². The number of hydrogen-bond donors (Lipinski definition) is 1. The van der Waals surface area contributed by atoms with Crippen molar-refractivity contribution in [3.05, 3.63) is 39.6 Å². The van der Waals surface area contributed by atoms with Gasteiger partial charge in [-0.05, 0) is 30.4 Å². The lowest BCUT2D eigenvalue weighted by Gasteiger charge is -2.06. The Labute approximate surface area is 153 Å². The number of aryl methyl sites for hydroxylation is 1. The maximum Gasteiger partial charge on any atom is 0.433 e. The van der Waals surface area contributed by atoms with Crippen molar-refractivity contribution in [3.63, 3.8) is 0 Å². The summed E-state index contributed by atoms with van der Waals surface area (Å²) in [5.41, 5.74) is 1.19. The van der Waals surface area contributed by atoms with E-state index in [9.17, 15) is 18.0 Å². The zero-order chi connectivity index (χ0) is 18.6. The number of halogens is 3. The molecule has 26 heavy (non-hydrogen) atoms. The van der Waals surface area contributed by atoms with E-state index in [4.69, 9.17) is 12.2 Å². The molecule has 0 fully saturated rings. The SMILES string of the molecule is Cn1c(-c2cc3sc(=S)[nH]c3cc2C=O)nc2cc(C(F)(F)F)ncc21. The molecule has 0 aliphatic heterocycles. The minimum atomic E-state index is -4.55. The highest BCUT2D eigenvalue weighted by molar-refractivity contribution is 7.73. The molecule has 1 aromatic carbocycles. The van der Waals surface area contributed by atoms with Gasteiger partial charge >= 0.3 is 6.18 Å². The summed E-state index contributed by atoms with van der Waals surface area (Å²) in [7, 11) is 1.66. The molecule has 0 amide bonds. The first-order valence-electron chi connectivity index (χ1n) is 7.30. The largest absolute Gasteiger partial charge is 0.433 e. The third kappa shape index (κ3) is 2.61. The maximum atomic E-state index is 12.9. The number of hydrogen-bond acceptors (Lipinski definition) is 5. The number of fused-ring (bicyclic) bond motifs is 2. The van der Waals surface area contributed by atoms with E-state index in [-0.39, 0.29) is 5.52 Å². The van der Waals surface area contributed by atoms with Gasteiger partial charge in [0.05, 0.1) is 27.4 Å². The number of pyridine rings is 1. The molecule has 0 spiro atoms. The van der Waals surface area contributed by atoms with Crippen LogP contribution in [0, 0.1) is 3.95 Å². The Hall–Kier alpha value is -2.59. The number of nitrogens with zero attached hydrogens (tertiary/aromatic N) is 3. The number of thiazole rings is 1. The molecule has 10 heteroatoms. The van der Waals surface area contributed by atoms with E-state index in [0.29, 0.717) is 32.7 Å². The second-order valence-corrected chi connectivity index (χ2v) is 7.34. The Morgan fingerprint density at radius 1 is 1.31 bits per heavy atom. The highest BCUT2D eigenvalue weighted by atomic mass is 32.1. The van der Waals surface area contributed by atoms with Gasteiger partial charge in [-0.25, -0.2) is 9.97 Å². The molecule has 0 aliphatic carbocycles. The van der Waals surface area contributed by atoms with Gasteiger partial charge in [-0.15, -0.1) is 11.3 Å². The molecule has 0 saturated carbocycles. The summed E-state index contributed by atoms with van der Waals surface area (Å²) in [6.45, 7) is 0. The average Bonchev–Trinajstić information content (AvgIpc) is 3.11. The zero-order valence-corrected chi connectivity index (χ0v) is 14.7. The molecular formula is C16H9F3N4OS2. The molecule has 3 heterocycles. The quantitative estimate of drug-likeness (QED) is 0.394. The Morgan fingerprint density at radius 3 is 2.77 bits per heavy atom. The fourth-order valence-corrected chi connectivity index (χ4v) is 3.93. The van der Waals surface area contributed by atoms with Crippen LogP contribution >= 0.6 is 23.6 Å². The van der Waals surface area contributed by atoms with Crippen molar-refractivity contribution in [2.24, 2.45) is 7.05 Å². The Kier molecular flexibility index (Phi) is 3.70. The Bertz CT molecular complexity index is 1240. The first kappa shape index (κ1) is 16.9. The fourth-order valence-electron chi connectivity index (χ4n) is 2.79. The van der Waals surface area contributed by atoms with Gasteiger partial charge in [0.25, 0.3) is 0 Å². The van der Waals surface area contributed by atoms with Crippen LogP contribution in [0.4, 0.5) is 13.2 Å². The lowest BCUT2D eigenvalue weighted by atomic mass is 10.1. The van der Waals surface area contributed by atoms with Gasteiger partial charge in [0, 0.05) is 18.2 Å². The number of carbonyl (C=O) groups is 1. The number of benzene rings is 1. The number of rotatable bonds is 2. The Morgan fingerprint density at radius 2 is 2.08 bits per heavy atom. The second-order valence-electron chi connectivity index (χ2n) is 5.62. The molecule has 1 N–H and O–H groups in total. The standard InChI is InChI=1S/C16H9F3N4OS2/c1-23-11-5-20-13(16(17,18)19)4-9(11)21-14(23)8-3-12-10(2-7(8)6-24)22-15(25)26-12/h2-6H,1H3,(H,22,25). The number of aromatic nitrogens is 4. The molecule has 0 radical (unpaired) electrons. The summed E-state index contributed by atoms with van der Waals surface area (Å²) in [6.07, 6.45) is -2.73. The molecule has 4 rings (SSSR count). The highest BCUT2D eigenvalue weighted by Crippen LogP contribution is 2.33. The number of alkyl halides is 3. The zero-order valence-electron chi connectivity index (χ0n) is 13.1. The third-order valence-electron chi connectivity index (χ3n) is 4.02. The normalized spacial score (nSPS) is 12.2. The molecule has 0 saturated heterocycles. The first-order valence-corrected chi connectivity index (χ1v) is 8.52. The third-order valence-corrected chi connectivity index (χ3v) is 5.21. The van der Waals surface area contributed by atoms with E-state index in [0.717, 1.165) is 22.5 Å². The van der Waals surface area contributed by atoms with Crippen LogP contribution in [0.2, 0.25) is 0 Å². The number of aldehydes is 1. The molecule has 4 aromatic rings. The van der Waals surface area contributed by atoms with E-state index in [1.807, 2.05) is 0 Å². The van der Waals surface area contributed by atoms with Gasteiger partial charge in [-0.2, -0.15) is 13.2 Å². The molecule has 0 bridgehead atoms. The highest BCUT2D eigenvalue weighted by Gasteiger charge is 2.33. The fraction of sp³-hybridized carbons (Fsp3) is 0.125. The summed E-state index contributed by atoms with van der Waals surface area (Å²) in [5.74, 6) is 0.379. The number of H-pyrrole nitrogens is 1. The Balaban J connectivity index is 1.99. The smallest absolute Gasteiger partial charge is 0.337 e. The van der Waals surface area contributed by atoms with Crippen LogP contribution < -0.4 is 0 Å². The first-order chi connectivity index (χ1) is 12.3. The van der Waals surface area contributed by atoms with Gasteiger partial charge < -0.3 is 9.55 Å². The molecule has 0 unspecified atom stereocenters. The molecule has 5 nitrogen and oxygen atoms in total. The number of nitrogens with one attached hydrogen (secondary N) is 1. The number of imidazole rings is 1. The van der Waals surface area contributed by atoms with Gasteiger partial charge in [-0.3, -0.25) is 4.79 Å². The molecule has 0 atom stereocenters. The van der Waals surface area contributed by atoms with Gasteiger partial charge in [0.1, 0.15) is 11.5 Å². The second kappa shape index (κ2) is 5.71. The van der Waals surface area contributed by atoms with Crippen LogP contribution in [-0.2, 0) is 13.2 Å². The lowest BCUT2D eigenvalue weighted by molar-refractivity contribution is -0.141. The van der Waals surface area contributed by atoms with E-state index in [2.05, 4.69) is 15.0 Å². The van der Waals surface area contributed by atoms with Crippen LogP contribution in [-0.4, -0.2) is 25.8 Å². The van der Waals surface area contributed by atoms with Crippen molar-refractivity contribution < 1.29 is 18.0 Å². The van der Waals surface area contributed by atoms with Crippen LogP contribution in [0.15, 0.2) is 24.4 Å². The summed E-state index contributed by atoms with van der Waals surface area (Å²) in [4.78, 5) is 22.3. The summed E-state index contributed by atoms with van der Waals surface area (Å²) in [6, 6.07) is 4.32. The maximum absolute atomic E-state index is 12.9. The van der Waals surface area contributed by atoms with Crippen LogP contribution in [0.5, 0.6) is 0 Å². The van der Waals surface area contributed by atoms with E-state index < -0.39 is 11.9 Å². The van der Waals surface area contributed by atoms with Crippen molar-refractivity contribution in [2.45, 2.75) is 6.18 Å². The predicted molar refractivity (Wildman–Crippen MR) is 94.9 cm³/mol. The van der Waals surface area contributed by atoms with E-state index >= 15 is 0 Å². The minimum Gasteiger partial charge on any atom is -0.337 e. The summed E-state index contributed by atoms with van der Waals surface area (Å²) < 4.78 is 41.7. The van der Waals surface area contributed by atoms with Crippen LogP contribution in [0.25, 0.3) is 32.6 Å². The van der Waals surface area contributed by atoms with Crippen molar-refractivity contribution >= 4 is 51.1 Å². The summed E-state index contributed by atoms with van der Waals surface area (Å²) >= 11 is 6.46. The van der Waals surface area contributed by atoms with Crippen molar-refractivity contribution in [1.82, 2.24) is 19.5 Å². The van der Waals surface area contributed by atoms with Crippen molar-refractivity contribution in [1.29, 1.82) is 0 Å². The van der Waals surface area contributed by atoms with Gasteiger partial charge in [0.15, 0.2) is 10.2 Å². The number of carbonyl (C=O) groups excluding carboxylic acids is 1. The van der Waals surface area contributed by atoms with Gasteiger partial charge in [0.2, 0.25) is 0 Å². The minimum absolute atomic E-state index is 0.156. The molecule has 132 valence electrons. The van der Waals surface area contributed by atoms with Crippen LogP contribution in [0.3, 0.4) is 0 Å². The lowest BCUT2D eigenvalue weighted by Crippen LogP contribution is -2.07. The molecule has 3 aromatic heterocycles. The summed E-state index contributed by atoms with van der Waals surface area (Å²) in [5, 5.41) is 0. The van der Waals surface area contributed by atoms with E-state index in [1.54, 1.807) is 23.7 Å². The van der Waals surface area contributed by atoms with Crippen LogP contribution in [0.1, 0.15) is 16.1 Å². The number of aromatic amines is 1. The topological polar surface area (TPSA) is 63.6 Å². The molecular weight excluding hydrogens is 385 g/mol. The van der Waals surface area contributed by atoms with Crippen molar-refractivity contribution in [3.8, 4) is 11.4 Å². The monoisotopic (exact) mass is 394 g/mol. The predicted octanol–water partition coefficient (Wildman–Crippen LogP) is 4.74. The van der Waals surface area contributed by atoms with Gasteiger partial charge in [-0.1, -0.05) is 0 Å². The molecule has 0 aliphatic rings.